The van der Waals surface area contributed by atoms with Crippen LogP contribution in [0.15, 0.2) is 12.2 Å². The zero-order chi connectivity index (χ0) is 16.3. The molecule has 0 saturated carbocycles. The minimum absolute atomic E-state index is 0.0545. The smallest absolute Gasteiger partial charge is 0.306 e. The van der Waals surface area contributed by atoms with Gasteiger partial charge in [-0.2, -0.15) is 0 Å². The van der Waals surface area contributed by atoms with Crippen molar-refractivity contribution < 1.29 is 9.53 Å². The van der Waals surface area contributed by atoms with Gasteiger partial charge in [0.25, 0.3) is 0 Å². The van der Waals surface area contributed by atoms with Crippen LogP contribution in [0.4, 0.5) is 0 Å². The Morgan fingerprint density at radius 1 is 0.727 bits per heavy atom. The number of allylic oxidation sites excluding steroid dienone is 2. The van der Waals surface area contributed by atoms with E-state index in [-0.39, 0.29) is 5.97 Å². The second kappa shape index (κ2) is 18.3. The molecule has 0 aromatic heterocycles. The third-order valence-corrected chi connectivity index (χ3v) is 3.92. The highest BCUT2D eigenvalue weighted by Gasteiger charge is 1.99. The summed E-state index contributed by atoms with van der Waals surface area (Å²) in [6, 6.07) is 0. The van der Waals surface area contributed by atoms with Crippen molar-refractivity contribution in [1.29, 1.82) is 0 Å². The molecule has 22 heavy (non-hydrogen) atoms. The van der Waals surface area contributed by atoms with E-state index in [1.807, 2.05) is 0 Å². The third-order valence-electron chi connectivity index (χ3n) is 3.92. The molecule has 0 bridgehead atoms. The van der Waals surface area contributed by atoms with Gasteiger partial charge in [-0.1, -0.05) is 83.8 Å². The molecule has 0 fully saturated rings. The Labute approximate surface area is 138 Å². The highest BCUT2D eigenvalue weighted by Crippen LogP contribution is 2.10. The van der Waals surface area contributed by atoms with E-state index in [2.05, 4.69) is 26.0 Å². The standard InChI is InChI=1S/C20H38O2/c1-3-5-7-8-9-10-11-12-13-14-15-16-17-18-20(21)22-19-6-4-2/h15-16H,3-14,17-19H2,1-2H3/b16-15-. The maximum absolute atomic E-state index is 11.4. The first-order valence-corrected chi connectivity index (χ1v) is 9.61. The molecule has 2 heteroatoms. The summed E-state index contributed by atoms with van der Waals surface area (Å²) in [6.07, 6.45) is 21.3. The molecule has 0 rings (SSSR count). The van der Waals surface area contributed by atoms with Gasteiger partial charge in [0.15, 0.2) is 0 Å². The van der Waals surface area contributed by atoms with Crippen molar-refractivity contribution in [2.75, 3.05) is 6.61 Å². The van der Waals surface area contributed by atoms with Gasteiger partial charge in [0.05, 0.1) is 6.61 Å². The van der Waals surface area contributed by atoms with Crippen LogP contribution >= 0.6 is 0 Å². The predicted molar refractivity (Wildman–Crippen MR) is 96.1 cm³/mol. The Balaban J connectivity index is 3.19. The summed E-state index contributed by atoms with van der Waals surface area (Å²) in [4.78, 5) is 11.4. The van der Waals surface area contributed by atoms with Crippen molar-refractivity contribution in [3.63, 3.8) is 0 Å². The lowest BCUT2D eigenvalue weighted by molar-refractivity contribution is -0.143. The summed E-state index contributed by atoms with van der Waals surface area (Å²) in [5, 5.41) is 0. The molecule has 0 atom stereocenters. The summed E-state index contributed by atoms with van der Waals surface area (Å²) in [7, 11) is 0. The lowest BCUT2D eigenvalue weighted by Gasteiger charge is -2.02. The van der Waals surface area contributed by atoms with Crippen molar-refractivity contribution in [2.45, 2.75) is 104 Å². The first-order chi connectivity index (χ1) is 10.8. The quantitative estimate of drug-likeness (QED) is 0.183. The van der Waals surface area contributed by atoms with Gasteiger partial charge in [-0.25, -0.2) is 0 Å². The molecule has 0 aromatic carbocycles. The number of carbonyl (C=O) groups is 1. The van der Waals surface area contributed by atoms with Crippen LogP contribution in [0.1, 0.15) is 104 Å². The zero-order valence-corrected chi connectivity index (χ0v) is 15.1. The van der Waals surface area contributed by atoms with Crippen LogP contribution in [0.3, 0.4) is 0 Å². The summed E-state index contributed by atoms with van der Waals surface area (Å²) >= 11 is 0. The number of hydrogen-bond donors (Lipinski definition) is 0. The lowest BCUT2D eigenvalue weighted by atomic mass is 10.1. The van der Waals surface area contributed by atoms with E-state index in [9.17, 15) is 4.79 Å². The Bertz CT molecular complexity index is 258. The van der Waals surface area contributed by atoms with E-state index >= 15 is 0 Å². The first kappa shape index (κ1) is 21.2. The fourth-order valence-corrected chi connectivity index (χ4v) is 2.41. The Morgan fingerprint density at radius 3 is 1.91 bits per heavy atom. The van der Waals surface area contributed by atoms with Gasteiger partial charge in [0, 0.05) is 6.42 Å². The highest BCUT2D eigenvalue weighted by atomic mass is 16.5. The molecule has 0 unspecified atom stereocenters. The predicted octanol–water partition coefficient (Wildman–Crippen LogP) is 6.59. The van der Waals surface area contributed by atoms with E-state index in [1.54, 1.807) is 0 Å². The lowest BCUT2D eigenvalue weighted by Crippen LogP contribution is -2.04. The van der Waals surface area contributed by atoms with E-state index in [4.69, 9.17) is 4.74 Å². The molecule has 0 amide bonds. The molecular weight excluding hydrogens is 272 g/mol. The average molecular weight is 311 g/mol. The van der Waals surface area contributed by atoms with Gasteiger partial charge >= 0.3 is 5.97 Å². The van der Waals surface area contributed by atoms with Gasteiger partial charge in [-0.05, 0) is 25.7 Å². The van der Waals surface area contributed by atoms with E-state index in [0.717, 1.165) is 25.7 Å². The van der Waals surface area contributed by atoms with Crippen molar-refractivity contribution in [2.24, 2.45) is 0 Å². The molecule has 2 nitrogen and oxygen atoms in total. The number of ether oxygens (including phenoxy) is 1. The van der Waals surface area contributed by atoms with E-state index in [1.165, 1.54) is 57.8 Å². The summed E-state index contributed by atoms with van der Waals surface area (Å²) in [5.41, 5.74) is 0. The van der Waals surface area contributed by atoms with Crippen LogP contribution in [0, 0.1) is 0 Å². The van der Waals surface area contributed by atoms with Crippen LogP contribution in [0.2, 0.25) is 0 Å². The molecule has 0 N–H and O–H groups in total. The average Bonchev–Trinajstić information content (AvgIpc) is 2.52. The van der Waals surface area contributed by atoms with Crippen molar-refractivity contribution >= 4 is 5.97 Å². The SMILES string of the molecule is CCCCCCCCCCC/C=C\CCC(=O)OCCCC. The summed E-state index contributed by atoms with van der Waals surface area (Å²) < 4.78 is 5.12. The number of unbranched alkanes of at least 4 members (excludes halogenated alkanes) is 10. The van der Waals surface area contributed by atoms with Crippen LogP contribution in [0.5, 0.6) is 0 Å². The number of carbonyl (C=O) groups excluding carboxylic acids is 1. The van der Waals surface area contributed by atoms with Crippen molar-refractivity contribution in [3.8, 4) is 0 Å². The van der Waals surface area contributed by atoms with Crippen molar-refractivity contribution in [3.05, 3.63) is 12.2 Å². The summed E-state index contributed by atoms with van der Waals surface area (Å²) in [5.74, 6) is -0.0545. The maximum Gasteiger partial charge on any atom is 0.306 e. The van der Waals surface area contributed by atoms with Crippen LogP contribution in [0.25, 0.3) is 0 Å². The fraction of sp³-hybridized carbons (Fsp3) is 0.850. The molecule has 0 spiro atoms. The Morgan fingerprint density at radius 2 is 1.27 bits per heavy atom. The fourth-order valence-electron chi connectivity index (χ4n) is 2.41. The van der Waals surface area contributed by atoms with Crippen LogP contribution < -0.4 is 0 Å². The molecule has 130 valence electrons. The molecule has 0 saturated heterocycles. The number of rotatable bonds is 16. The normalized spacial score (nSPS) is 11.2. The topological polar surface area (TPSA) is 26.3 Å². The summed E-state index contributed by atoms with van der Waals surface area (Å²) in [6.45, 7) is 4.95. The van der Waals surface area contributed by atoms with Gasteiger partial charge in [-0.15, -0.1) is 0 Å². The van der Waals surface area contributed by atoms with Crippen molar-refractivity contribution in [1.82, 2.24) is 0 Å². The second-order valence-electron chi connectivity index (χ2n) is 6.20. The second-order valence-corrected chi connectivity index (χ2v) is 6.20. The monoisotopic (exact) mass is 310 g/mol. The van der Waals surface area contributed by atoms with E-state index in [0.29, 0.717) is 13.0 Å². The highest BCUT2D eigenvalue weighted by molar-refractivity contribution is 5.69. The molecule has 0 aliphatic heterocycles. The van der Waals surface area contributed by atoms with Gasteiger partial charge in [0.1, 0.15) is 0 Å². The zero-order valence-electron chi connectivity index (χ0n) is 15.1. The molecular formula is C20H38O2. The Kier molecular flexibility index (Phi) is 17.6. The molecule has 0 radical (unpaired) electrons. The van der Waals surface area contributed by atoms with E-state index < -0.39 is 0 Å². The van der Waals surface area contributed by atoms with Gasteiger partial charge < -0.3 is 4.74 Å². The number of esters is 1. The first-order valence-electron chi connectivity index (χ1n) is 9.61. The van der Waals surface area contributed by atoms with Crippen LogP contribution in [-0.2, 0) is 9.53 Å². The maximum atomic E-state index is 11.4. The molecule has 0 aromatic rings. The molecule has 0 heterocycles. The molecule has 0 aliphatic carbocycles. The minimum atomic E-state index is -0.0545. The Hall–Kier alpha value is -0.790. The van der Waals surface area contributed by atoms with Gasteiger partial charge in [-0.3, -0.25) is 4.79 Å². The molecule has 0 aliphatic rings. The largest absolute Gasteiger partial charge is 0.466 e. The minimum Gasteiger partial charge on any atom is -0.466 e. The third kappa shape index (κ3) is 17.3. The van der Waals surface area contributed by atoms with Gasteiger partial charge in [0.2, 0.25) is 0 Å². The van der Waals surface area contributed by atoms with Crippen LogP contribution in [-0.4, -0.2) is 12.6 Å². The number of hydrogen-bond acceptors (Lipinski definition) is 2.